The molecule has 200 valence electrons. The van der Waals surface area contributed by atoms with Crippen LogP contribution >= 0.6 is 0 Å². The number of carbonyl (C=O) groups excluding carboxylic acids is 1. The van der Waals surface area contributed by atoms with Crippen molar-refractivity contribution in [2.45, 2.75) is 38.9 Å². The van der Waals surface area contributed by atoms with Crippen LogP contribution in [0.15, 0.2) is 42.4 Å². The van der Waals surface area contributed by atoms with Crippen molar-refractivity contribution in [2.24, 2.45) is 5.92 Å². The highest BCUT2D eigenvalue weighted by molar-refractivity contribution is 5.95. The van der Waals surface area contributed by atoms with Gasteiger partial charge < -0.3 is 20.5 Å². The zero-order valence-corrected chi connectivity index (χ0v) is 22.6. The normalized spacial score (nSPS) is 23.1. The van der Waals surface area contributed by atoms with Crippen LogP contribution in [0, 0.1) is 5.92 Å². The van der Waals surface area contributed by atoms with Gasteiger partial charge in [0, 0.05) is 74.8 Å². The van der Waals surface area contributed by atoms with Crippen LogP contribution < -0.4 is 11.1 Å². The lowest BCUT2D eigenvalue weighted by Crippen LogP contribution is -2.56. The molecule has 7 heterocycles. The number of aryl methyl sites for hydroxylation is 2. The van der Waals surface area contributed by atoms with Crippen molar-refractivity contribution in [3.05, 3.63) is 59.6 Å². The number of amides is 1. The molecule has 3 aliphatic heterocycles. The number of nitrogen functional groups attached to an aromatic ring is 1. The van der Waals surface area contributed by atoms with E-state index in [1.165, 1.54) is 5.57 Å². The van der Waals surface area contributed by atoms with Crippen molar-refractivity contribution in [1.29, 1.82) is 0 Å². The molecule has 3 aliphatic rings. The molecule has 2 unspecified atom stereocenters. The Bertz CT molecular complexity index is 1680. The molecule has 0 radical (unpaired) electrons. The Hall–Kier alpha value is -4.25. The summed E-state index contributed by atoms with van der Waals surface area (Å²) in [5.41, 5.74) is 10.2. The highest BCUT2D eigenvalue weighted by Gasteiger charge is 2.55. The second-order valence-corrected chi connectivity index (χ2v) is 11.2. The van der Waals surface area contributed by atoms with E-state index in [4.69, 9.17) is 15.8 Å². The summed E-state index contributed by atoms with van der Waals surface area (Å²) in [4.78, 5) is 30.8. The predicted molar refractivity (Wildman–Crippen MR) is 149 cm³/mol. The van der Waals surface area contributed by atoms with E-state index in [0.717, 1.165) is 52.3 Å². The number of pyridine rings is 2. The Labute approximate surface area is 226 Å². The number of anilines is 3. The van der Waals surface area contributed by atoms with E-state index in [-0.39, 0.29) is 11.8 Å². The van der Waals surface area contributed by atoms with E-state index >= 15 is 0 Å². The van der Waals surface area contributed by atoms with Crippen LogP contribution in [0.25, 0.3) is 16.3 Å². The molecule has 3 N–H and O–H groups in total. The van der Waals surface area contributed by atoms with Crippen LogP contribution in [0.5, 0.6) is 0 Å². The molecule has 11 heteroatoms. The molecule has 39 heavy (non-hydrogen) atoms. The van der Waals surface area contributed by atoms with Crippen molar-refractivity contribution >= 4 is 39.7 Å². The monoisotopic (exact) mass is 524 g/mol. The van der Waals surface area contributed by atoms with E-state index < -0.39 is 5.54 Å². The van der Waals surface area contributed by atoms with Gasteiger partial charge in [-0.2, -0.15) is 5.10 Å². The molecule has 0 aromatic carbocycles. The first-order valence-corrected chi connectivity index (χ1v) is 13.3. The zero-order valence-electron chi connectivity index (χ0n) is 22.6. The minimum atomic E-state index is -0.534. The number of rotatable bonds is 3. The summed E-state index contributed by atoms with van der Waals surface area (Å²) in [7, 11) is 3.90. The third-order valence-electron chi connectivity index (χ3n) is 8.98. The molecule has 1 fully saturated rings. The number of carbonyl (C=O) groups is 1. The SMILES string of the molecule is CC1=C(c2cc3cc(Nc4cc5n(n4)Cc4nccn4CC5)ncc3c(N)n2)CN(C)C2(C)C(=O)N(C)CC12. The molecule has 4 aromatic heterocycles. The van der Waals surface area contributed by atoms with Gasteiger partial charge in [0.1, 0.15) is 23.0 Å². The van der Waals surface area contributed by atoms with Gasteiger partial charge in [0.15, 0.2) is 5.82 Å². The quantitative estimate of drug-likeness (QED) is 0.419. The molecule has 0 bridgehead atoms. The number of aromatic nitrogens is 6. The van der Waals surface area contributed by atoms with Gasteiger partial charge in [-0.05, 0) is 44.0 Å². The van der Waals surface area contributed by atoms with Crippen LogP contribution in [0.4, 0.5) is 17.5 Å². The van der Waals surface area contributed by atoms with E-state index in [9.17, 15) is 4.79 Å². The summed E-state index contributed by atoms with van der Waals surface area (Å²) in [5.74, 6) is 3.17. The number of nitrogens with two attached hydrogens (primary N) is 1. The van der Waals surface area contributed by atoms with Crippen molar-refractivity contribution in [1.82, 2.24) is 39.1 Å². The molecule has 2 atom stereocenters. The standard InChI is InChI=1S/C28H32N10O/c1-16-20(13-36(4)28(2)21(16)14-35(3)27(28)39)22-9-17-10-23(31-12-19(17)26(29)32-22)33-24-11-18-5-7-37-8-6-30-25(37)15-38(18)34-24/h6,8-12,21H,5,7,13-15H2,1-4H3,(H2,29,32)(H,31,33,34). The minimum Gasteiger partial charge on any atom is -0.383 e. The number of nitrogens with one attached hydrogen (secondary N) is 1. The van der Waals surface area contributed by atoms with Gasteiger partial charge in [-0.25, -0.2) is 15.0 Å². The van der Waals surface area contributed by atoms with Gasteiger partial charge in [0.2, 0.25) is 5.91 Å². The fourth-order valence-corrected chi connectivity index (χ4v) is 6.52. The summed E-state index contributed by atoms with van der Waals surface area (Å²) in [6.45, 7) is 7.05. The Morgan fingerprint density at radius 3 is 2.82 bits per heavy atom. The zero-order chi connectivity index (χ0) is 27.1. The summed E-state index contributed by atoms with van der Waals surface area (Å²) < 4.78 is 4.18. The van der Waals surface area contributed by atoms with Crippen LogP contribution in [0.2, 0.25) is 0 Å². The Morgan fingerprint density at radius 2 is 1.97 bits per heavy atom. The third kappa shape index (κ3) is 3.56. The van der Waals surface area contributed by atoms with Crippen molar-refractivity contribution < 1.29 is 4.79 Å². The van der Waals surface area contributed by atoms with Gasteiger partial charge in [0.05, 0.1) is 12.2 Å². The summed E-state index contributed by atoms with van der Waals surface area (Å²) >= 11 is 0. The maximum absolute atomic E-state index is 13.0. The van der Waals surface area contributed by atoms with E-state index in [1.807, 2.05) is 42.1 Å². The lowest BCUT2D eigenvalue weighted by Gasteiger charge is -2.43. The Balaban J connectivity index is 1.22. The van der Waals surface area contributed by atoms with Gasteiger partial charge in [0.25, 0.3) is 0 Å². The van der Waals surface area contributed by atoms with Crippen molar-refractivity contribution in [3.8, 4) is 0 Å². The number of imidazole rings is 1. The Morgan fingerprint density at radius 1 is 1.13 bits per heavy atom. The maximum Gasteiger partial charge on any atom is 0.243 e. The average Bonchev–Trinajstić information content (AvgIpc) is 3.55. The molecule has 0 spiro atoms. The van der Waals surface area contributed by atoms with E-state index in [0.29, 0.717) is 31.3 Å². The van der Waals surface area contributed by atoms with E-state index in [1.54, 1.807) is 6.20 Å². The first-order valence-electron chi connectivity index (χ1n) is 13.3. The summed E-state index contributed by atoms with van der Waals surface area (Å²) in [5, 5.41) is 9.91. The molecular formula is C28H32N10O. The number of likely N-dealkylation sites (tertiary alicyclic amines) is 1. The second-order valence-electron chi connectivity index (χ2n) is 11.2. The Kier molecular flexibility index (Phi) is 5.12. The second kappa shape index (κ2) is 8.37. The van der Waals surface area contributed by atoms with Crippen LogP contribution in [-0.2, 0) is 24.3 Å². The maximum atomic E-state index is 13.0. The molecule has 11 nitrogen and oxygen atoms in total. The average molecular weight is 525 g/mol. The van der Waals surface area contributed by atoms with Crippen LogP contribution in [-0.4, -0.2) is 77.7 Å². The number of nitrogens with zero attached hydrogens (tertiary/aromatic N) is 8. The molecule has 0 aliphatic carbocycles. The van der Waals surface area contributed by atoms with Gasteiger partial charge in [-0.15, -0.1) is 0 Å². The van der Waals surface area contributed by atoms with E-state index in [2.05, 4.69) is 50.7 Å². The van der Waals surface area contributed by atoms with Crippen molar-refractivity contribution in [3.63, 3.8) is 0 Å². The topological polar surface area (TPSA) is 123 Å². The van der Waals surface area contributed by atoms with Gasteiger partial charge in [-0.3, -0.25) is 14.4 Å². The van der Waals surface area contributed by atoms with Gasteiger partial charge >= 0.3 is 0 Å². The first-order chi connectivity index (χ1) is 18.7. The van der Waals surface area contributed by atoms with Crippen molar-refractivity contribution in [2.75, 3.05) is 38.2 Å². The molecule has 1 amide bonds. The number of hydrogen-bond donors (Lipinski definition) is 2. The molecule has 0 saturated carbocycles. The summed E-state index contributed by atoms with van der Waals surface area (Å²) in [6.07, 6.45) is 6.50. The van der Waals surface area contributed by atoms with Crippen LogP contribution in [0.3, 0.4) is 0 Å². The highest BCUT2D eigenvalue weighted by atomic mass is 16.2. The number of fused-ring (bicyclic) bond motifs is 4. The highest BCUT2D eigenvalue weighted by Crippen LogP contribution is 2.44. The van der Waals surface area contributed by atoms with Crippen LogP contribution in [0.1, 0.15) is 31.1 Å². The third-order valence-corrected chi connectivity index (χ3v) is 8.98. The largest absolute Gasteiger partial charge is 0.383 e. The fourth-order valence-electron chi connectivity index (χ4n) is 6.52. The lowest BCUT2D eigenvalue weighted by molar-refractivity contribution is -0.136. The smallest absolute Gasteiger partial charge is 0.243 e. The first kappa shape index (κ1) is 23.8. The fraction of sp³-hybridized carbons (Fsp3) is 0.393. The number of likely N-dealkylation sites (N-methyl/N-ethyl adjacent to an activating group) is 2. The predicted octanol–water partition coefficient (Wildman–Crippen LogP) is 2.52. The molecule has 4 aromatic rings. The number of hydrogen-bond acceptors (Lipinski definition) is 8. The van der Waals surface area contributed by atoms with Gasteiger partial charge in [-0.1, -0.05) is 5.57 Å². The summed E-state index contributed by atoms with van der Waals surface area (Å²) in [6, 6.07) is 6.15. The molecule has 7 rings (SSSR count). The molecule has 1 saturated heterocycles. The lowest BCUT2D eigenvalue weighted by atomic mass is 9.76. The minimum absolute atomic E-state index is 0.103. The molecular weight excluding hydrogens is 492 g/mol.